The van der Waals surface area contributed by atoms with Gasteiger partial charge in [-0.1, -0.05) is 57.4 Å². The van der Waals surface area contributed by atoms with Crippen LogP contribution in [0.25, 0.3) is 0 Å². The van der Waals surface area contributed by atoms with Crippen LogP contribution in [-0.4, -0.2) is 30.4 Å². The first-order valence-electron chi connectivity index (χ1n) is 9.88. The molecule has 1 aliphatic carbocycles. The van der Waals surface area contributed by atoms with Crippen molar-refractivity contribution in [2.45, 2.75) is 65.5 Å². The summed E-state index contributed by atoms with van der Waals surface area (Å²) in [6.07, 6.45) is 6.46. The van der Waals surface area contributed by atoms with Crippen LogP contribution >= 0.6 is 0 Å². The van der Waals surface area contributed by atoms with Gasteiger partial charge in [-0.05, 0) is 49.0 Å². The van der Waals surface area contributed by atoms with Gasteiger partial charge in [-0.2, -0.15) is 0 Å². The first-order valence-corrected chi connectivity index (χ1v) is 9.88. The van der Waals surface area contributed by atoms with Crippen molar-refractivity contribution in [2.24, 2.45) is 11.1 Å². The highest BCUT2D eigenvalue weighted by Crippen LogP contribution is 2.38. The third-order valence-electron chi connectivity index (χ3n) is 5.70. The number of carbonyl (C=O) groups is 1. The minimum Gasteiger partial charge on any atom is -0.352 e. The highest BCUT2D eigenvalue weighted by molar-refractivity contribution is 5.76. The Kier molecular flexibility index (Phi) is 7.91. The summed E-state index contributed by atoms with van der Waals surface area (Å²) in [5.74, 6) is 0.138. The molecule has 0 radical (unpaired) electrons. The van der Waals surface area contributed by atoms with Crippen molar-refractivity contribution in [2.75, 3.05) is 19.6 Å². The number of rotatable bonds is 9. The molecule has 1 aliphatic rings. The largest absolute Gasteiger partial charge is 0.352 e. The molecule has 4 nitrogen and oxygen atoms in total. The third-order valence-corrected chi connectivity index (χ3v) is 5.70. The molecule has 1 fully saturated rings. The number of carbonyl (C=O) groups excluding carboxylic acids is 1. The Balaban J connectivity index is 1.81. The Morgan fingerprint density at radius 1 is 1.08 bits per heavy atom. The van der Waals surface area contributed by atoms with E-state index in [9.17, 15) is 4.79 Å². The molecule has 4 heteroatoms. The molecule has 0 saturated heterocycles. The first kappa shape index (κ1) is 19.9. The zero-order valence-electron chi connectivity index (χ0n) is 16.0. The molecule has 0 bridgehead atoms. The van der Waals surface area contributed by atoms with E-state index < -0.39 is 0 Å². The molecule has 0 heterocycles. The van der Waals surface area contributed by atoms with Gasteiger partial charge in [0.15, 0.2) is 0 Å². The van der Waals surface area contributed by atoms with Crippen molar-refractivity contribution in [1.82, 2.24) is 10.2 Å². The molecule has 0 aromatic heterocycles. The van der Waals surface area contributed by atoms with Crippen molar-refractivity contribution in [3.63, 3.8) is 0 Å². The smallest absolute Gasteiger partial charge is 0.220 e. The average Bonchev–Trinajstić information content (AvgIpc) is 2.66. The van der Waals surface area contributed by atoms with Crippen LogP contribution in [0.3, 0.4) is 0 Å². The lowest BCUT2D eigenvalue weighted by atomic mass is 9.71. The van der Waals surface area contributed by atoms with E-state index in [1.807, 2.05) is 0 Å². The van der Waals surface area contributed by atoms with Crippen LogP contribution in [0.4, 0.5) is 0 Å². The van der Waals surface area contributed by atoms with Crippen molar-refractivity contribution in [3.05, 3.63) is 35.4 Å². The second-order valence-electron chi connectivity index (χ2n) is 7.50. The quantitative estimate of drug-likeness (QED) is 0.721. The highest BCUT2D eigenvalue weighted by atomic mass is 16.1. The summed E-state index contributed by atoms with van der Waals surface area (Å²) >= 11 is 0. The maximum atomic E-state index is 12.4. The highest BCUT2D eigenvalue weighted by Gasteiger charge is 2.32. The lowest BCUT2D eigenvalue weighted by Crippen LogP contribution is -2.38. The zero-order valence-corrected chi connectivity index (χ0v) is 16.0. The Morgan fingerprint density at radius 3 is 2.24 bits per heavy atom. The minimum absolute atomic E-state index is 0.0377. The third kappa shape index (κ3) is 6.12. The zero-order chi connectivity index (χ0) is 18.1. The second kappa shape index (κ2) is 9.93. The van der Waals surface area contributed by atoms with Crippen LogP contribution in [0.1, 0.15) is 63.5 Å². The Labute approximate surface area is 153 Å². The Hall–Kier alpha value is -1.39. The molecule has 1 saturated carbocycles. The average molecular weight is 346 g/mol. The molecule has 25 heavy (non-hydrogen) atoms. The minimum atomic E-state index is 0.0377. The van der Waals surface area contributed by atoms with Crippen LogP contribution in [0.2, 0.25) is 0 Å². The van der Waals surface area contributed by atoms with Crippen molar-refractivity contribution in [3.8, 4) is 0 Å². The Morgan fingerprint density at radius 2 is 1.68 bits per heavy atom. The van der Waals surface area contributed by atoms with E-state index in [0.29, 0.717) is 19.5 Å². The molecule has 0 unspecified atom stereocenters. The van der Waals surface area contributed by atoms with Crippen LogP contribution in [-0.2, 0) is 17.9 Å². The van der Waals surface area contributed by atoms with Gasteiger partial charge in [-0.15, -0.1) is 0 Å². The van der Waals surface area contributed by atoms with Gasteiger partial charge in [0.25, 0.3) is 0 Å². The second-order valence-corrected chi connectivity index (χ2v) is 7.50. The number of hydrogen-bond acceptors (Lipinski definition) is 3. The van der Waals surface area contributed by atoms with Gasteiger partial charge in [0, 0.05) is 19.5 Å². The van der Waals surface area contributed by atoms with Gasteiger partial charge < -0.3 is 11.1 Å². The molecule has 3 N–H and O–H groups in total. The van der Waals surface area contributed by atoms with Crippen LogP contribution in [0.5, 0.6) is 0 Å². The normalized spacial score (nSPS) is 16.8. The first-order chi connectivity index (χ1) is 12.1. The molecule has 2 rings (SSSR count). The lowest BCUT2D eigenvalue weighted by molar-refractivity contribution is -0.124. The molecule has 140 valence electrons. The molecule has 1 amide bonds. The fourth-order valence-corrected chi connectivity index (χ4v) is 3.83. The van der Waals surface area contributed by atoms with Crippen molar-refractivity contribution >= 4 is 5.91 Å². The van der Waals surface area contributed by atoms with Gasteiger partial charge in [0.2, 0.25) is 5.91 Å². The van der Waals surface area contributed by atoms with E-state index in [2.05, 4.69) is 48.3 Å². The fourth-order valence-electron chi connectivity index (χ4n) is 3.83. The lowest BCUT2D eigenvalue weighted by Gasteiger charge is -2.35. The number of nitrogens with two attached hydrogens (primary N) is 1. The number of hydrogen-bond donors (Lipinski definition) is 2. The van der Waals surface area contributed by atoms with E-state index in [1.165, 1.54) is 24.8 Å². The summed E-state index contributed by atoms with van der Waals surface area (Å²) in [6.45, 7) is 8.72. The van der Waals surface area contributed by atoms with E-state index >= 15 is 0 Å². The SMILES string of the molecule is CCN(CC)Cc1ccc(CNC(=O)CC2(CN)CCCCC2)cc1. The molecule has 1 aromatic rings. The van der Waals surface area contributed by atoms with Crippen LogP contribution < -0.4 is 11.1 Å². The van der Waals surface area contributed by atoms with Crippen molar-refractivity contribution in [1.29, 1.82) is 0 Å². The monoisotopic (exact) mass is 345 g/mol. The number of nitrogens with zero attached hydrogens (tertiary/aromatic N) is 1. The molecule has 0 atom stereocenters. The molecular formula is C21H35N3O. The summed E-state index contributed by atoms with van der Waals surface area (Å²) in [5.41, 5.74) is 8.50. The van der Waals surface area contributed by atoms with E-state index in [0.717, 1.165) is 38.0 Å². The number of amides is 1. The topological polar surface area (TPSA) is 58.4 Å². The van der Waals surface area contributed by atoms with Gasteiger partial charge in [-0.3, -0.25) is 9.69 Å². The van der Waals surface area contributed by atoms with Crippen molar-refractivity contribution < 1.29 is 4.79 Å². The Bertz CT molecular complexity index is 516. The van der Waals surface area contributed by atoms with Gasteiger partial charge in [0.1, 0.15) is 0 Å². The number of benzene rings is 1. The van der Waals surface area contributed by atoms with E-state index in [-0.39, 0.29) is 11.3 Å². The molecule has 0 spiro atoms. The van der Waals surface area contributed by atoms with Crippen LogP contribution in [0.15, 0.2) is 24.3 Å². The fraction of sp³-hybridized carbons (Fsp3) is 0.667. The summed E-state index contributed by atoms with van der Waals surface area (Å²) in [4.78, 5) is 14.8. The molecule has 1 aromatic carbocycles. The predicted molar refractivity (Wildman–Crippen MR) is 104 cm³/mol. The summed E-state index contributed by atoms with van der Waals surface area (Å²) in [5, 5.41) is 3.08. The number of nitrogens with one attached hydrogen (secondary N) is 1. The molecule has 0 aliphatic heterocycles. The standard InChI is InChI=1S/C21H35N3O/c1-3-24(4-2)16-19-10-8-18(9-11-19)15-23-20(25)14-21(17-22)12-6-5-7-13-21/h8-11H,3-7,12-17,22H2,1-2H3,(H,23,25). The van der Waals surface area contributed by atoms with Gasteiger partial charge in [0.05, 0.1) is 0 Å². The molecular weight excluding hydrogens is 310 g/mol. The van der Waals surface area contributed by atoms with E-state index in [1.54, 1.807) is 0 Å². The summed E-state index contributed by atoms with van der Waals surface area (Å²) < 4.78 is 0. The maximum Gasteiger partial charge on any atom is 0.220 e. The van der Waals surface area contributed by atoms with Gasteiger partial charge in [-0.25, -0.2) is 0 Å². The van der Waals surface area contributed by atoms with Crippen LogP contribution in [0, 0.1) is 5.41 Å². The maximum absolute atomic E-state index is 12.4. The predicted octanol–water partition coefficient (Wildman–Crippen LogP) is 3.44. The summed E-state index contributed by atoms with van der Waals surface area (Å²) in [6, 6.07) is 8.58. The van der Waals surface area contributed by atoms with Gasteiger partial charge >= 0.3 is 0 Å². The summed E-state index contributed by atoms with van der Waals surface area (Å²) in [7, 11) is 0. The van der Waals surface area contributed by atoms with E-state index in [4.69, 9.17) is 5.73 Å².